The van der Waals surface area contributed by atoms with Gasteiger partial charge in [0.05, 0.1) is 28.6 Å². The monoisotopic (exact) mass is 597 g/mol. The number of aryl methyl sites for hydroxylation is 1. The summed E-state index contributed by atoms with van der Waals surface area (Å²) in [6.45, 7) is 13.8. The minimum Gasteiger partial charge on any atom is -0.507 e. The Kier molecular flexibility index (Phi) is 8.22. The van der Waals surface area contributed by atoms with Gasteiger partial charge in [-0.3, -0.25) is 9.88 Å². The molecule has 1 saturated heterocycles. The molecule has 0 radical (unpaired) electrons. The van der Waals surface area contributed by atoms with E-state index >= 15 is 4.39 Å². The Balaban J connectivity index is 1.59. The minimum atomic E-state index is -0.658. The lowest BCUT2D eigenvalue weighted by Crippen LogP contribution is -2.56. The van der Waals surface area contributed by atoms with Crippen LogP contribution in [-0.2, 0) is 11.3 Å². The molecule has 0 aliphatic carbocycles. The Morgan fingerprint density at radius 2 is 2.02 bits per heavy atom. The smallest absolute Gasteiger partial charge is 0.410 e. The first kappa shape index (κ1) is 29.8. The topological polar surface area (TPSA) is 100 Å². The van der Waals surface area contributed by atoms with E-state index in [0.29, 0.717) is 43.3 Å². The number of nitrogens with one attached hydrogen (secondary N) is 1. The molecule has 0 unspecified atom stereocenters. The second-order valence-electron chi connectivity index (χ2n) is 12.1. The van der Waals surface area contributed by atoms with Gasteiger partial charge in [0.1, 0.15) is 46.1 Å². The number of phenols is 1. The summed E-state index contributed by atoms with van der Waals surface area (Å²) < 4.78 is 27.1. The largest absolute Gasteiger partial charge is 0.507 e. The van der Waals surface area contributed by atoms with Crippen molar-refractivity contribution in [1.82, 2.24) is 19.8 Å². The number of ether oxygens (including phenoxy) is 2. The highest BCUT2D eigenvalue weighted by Gasteiger charge is 2.37. The van der Waals surface area contributed by atoms with Crippen molar-refractivity contribution in [2.45, 2.75) is 65.6 Å². The van der Waals surface area contributed by atoms with Crippen LogP contribution in [0.1, 0.15) is 57.4 Å². The summed E-state index contributed by atoms with van der Waals surface area (Å²) in [4.78, 5) is 26.2. The number of amides is 1. The molecule has 4 heterocycles. The third kappa shape index (κ3) is 5.96. The molecule has 42 heavy (non-hydrogen) atoms. The minimum absolute atomic E-state index is 0.0661. The zero-order valence-electron chi connectivity index (χ0n) is 24.8. The molecular formula is C31H37ClFN5O4. The molecule has 5 rings (SSSR count). The van der Waals surface area contributed by atoms with Crippen LogP contribution in [0.25, 0.3) is 11.3 Å². The number of piperazine rings is 1. The molecule has 9 nitrogen and oxygen atoms in total. The molecular weight excluding hydrogens is 561 g/mol. The van der Waals surface area contributed by atoms with Crippen LogP contribution >= 0.6 is 11.6 Å². The van der Waals surface area contributed by atoms with Gasteiger partial charge in [-0.1, -0.05) is 31.5 Å². The van der Waals surface area contributed by atoms with Crippen molar-refractivity contribution in [2.24, 2.45) is 0 Å². The number of benzene rings is 1. The highest BCUT2D eigenvalue weighted by Crippen LogP contribution is 2.46. The van der Waals surface area contributed by atoms with E-state index in [2.05, 4.69) is 29.0 Å². The first-order valence-electron chi connectivity index (χ1n) is 14.1. The number of nitrogens with zero attached hydrogens (tertiary/aromatic N) is 4. The number of fused-ring (bicyclic) bond motifs is 2. The first-order chi connectivity index (χ1) is 19.8. The van der Waals surface area contributed by atoms with E-state index in [1.54, 1.807) is 11.1 Å². The molecule has 2 aromatic heterocycles. The number of hydrogen-bond acceptors (Lipinski definition) is 8. The summed E-state index contributed by atoms with van der Waals surface area (Å²) in [5.74, 6) is -0.0301. The molecule has 0 bridgehead atoms. The standard InChI is InChI=1S/C31H37ClFN5O4/c1-17(2)25-26(18(3)10-11-34-25)35-29-20-15-37-12-13-38(30(40)42-31(4,5)6)14-19(37)16-41-28(20)24(32)27(36-29)23-21(33)8-7-9-22(23)39/h7-11,17,19,39H,12-16H2,1-6H3,(H,35,36)/t19-/m1/s1. The van der Waals surface area contributed by atoms with Gasteiger partial charge in [0.15, 0.2) is 0 Å². The summed E-state index contributed by atoms with van der Waals surface area (Å²) in [6.07, 6.45) is 1.41. The Morgan fingerprint density at radius 3 is 2.71 bits per heavy atom. The fourth-order valence-electron chi connectivity index (χ4n) is 5.32. The highest BCUT2D eigenvalue weighted by molar-refractivity contribution is 6.35. The van der Waals surface area contributed by atoms with Gasteiger partial charge in [-0.15, -0.1) is 0 Å². The van der Waals surface area contributed by atoms with Crippen LogP contribution < -0.4 is 10.1 Å². The van der Waals surface area contributed by atoms with Crippen molar-refractivity contribution in [3.05, 3.63) is 58.1 Å². The van der Waals surface area contributed by atoms with Gasteiger partial charge in [-0.2, -0.15) is 0 Å². The summed E-state index contributed by atoms with van der Waals surface area (Å²) in [5.41, 5.74) is 2.67. The maximum atomic E-state index is 15.1. The molecule has 1 fully saturated rings. The summed E-state index contributed by atoms with van der Waals surface area (Å²) in [6, 6.07) is 5.83. The Labute approximate surface area is 250 Å². The average molecular weight is 598 g/mol. The summed E-state index contributed by atoms with van der Waals surface area (Å²) in [5, 5.41) is 14.2. The molecule has 2 aliphatic rings. The Morgan fingerprint density at radius 1 is 1.26 bits per heavy atom. The molecule has 0 saturated carbocycles. The first-order valence-corrected chi connectivity index (χ1v) is 14.5. The van der Waals surface area contributed by atoms with E-state index in [-0.39, 0.29) is 46.7 Å². The van der Waals surface area contributed by atoms with Crippen LogP contribution in [0.5, 0.6) is 11.5 Å². The van der Waals surface area contributed by atoms with Crippen molar-refractivity contribution in [2.75, 3.05) is 31.6 Å². The zero-order chi connectivity index (χ0) is 30.3. The van der Waals surface area contributed by atoms with Crippen molar-refractivity contribution in [3.8, 4) is 22.8 Å². The maximum absolute atomic E-state index is 15.1. The second kappa shape index (κ2) is 11.6. The Bertz CT molecular complexity index is 1490. The van der Waals surface area contributed by atoms with Gasteiger partial charge in [0.25, 0.3) is 0 Å². The summed E-state index contributed by atoms with van der Waals surface area (Å²) >= 11 is 6.91. The predicted octanol–water partition coefficient (Wildman–Crippen LogP) is 6.63. The lowest BCUT2D eigenvalue weighted by atomic mass is 10.0. The van der Waals surface area contributed by atoms with Crippen LogP contribution in [0.15, 0.2) is 30.5 Å². The lowest BCUT2D eigenvalue weighted by Gasteiger charge is -2.40. The molecule has 224 valence electrons. The number of phenolic OH excluding ortho intramolecular Hbond substituents is 1. The van der Waals surface area contributed by atoms with Crippen LogP contribution in [-0.4, -0.2) is 68.9 Å². The van der Waals surface area contributed by atoms with Crippen molar-refractivity contribution in [1.29, 1.82) is 0 Å². The highest BCUT2D eigenvalue weighted by atomic mass is 35.5. The number of carbonyl (C=O) groups excluding carboxylic acids is 1. The number of rotatable bonds is 4. The Hall–Kier alpha value is -3.63. The molecule has 1 amide bonds. The average Bonchev–Trinajstić information content (AvgIpc) is 3.10. The van der Waals surface area contributed by atoms with E-state index in [0.717, 1.165) is 16.9 Å². The second-order valence-corrected chi connectivity index (χ2v) is 12.5. The maximum Gasteiger partial charge on any atom is 0.410 e. The molecule has 11 heteroatoms. The molecule has 1 aromatic carbocycles. The van der Waals surface area contributed by atoms with E-state index in [4.69, 9.17) is 26.1 Å². The van der Waals surface area contributed by atoms with Gasteiger partial charge >= 0.3 is 6.09 Å². The quantitative estimate of drug-likeness (QED) is 0.346. The number of halogens is 2. The molecule has 2 N–H and O–H groups in total. The molecule has 2 aliphatic heterocycles. The third-order valence-corrected chi connectivity index (χ3v) is 7.79. The van der Waals surface area contributed by atoms with E-state index in [1.807, 2.05) is 33.8 Å². The van der Waals surface area contributed by atoms with E-state index in [1.165, 1.54) is 18.2 Å². The molecule has 1 atom stereocenters. The van der Waals surface area contributed by atoms with Crippen molar-refractivity contribution in [3.63, 3.8) is 0 Å². The van der Waals surface area contributed by atoms with Crippen LogP contribution in [0.3, 0.4) is 0 Å². The van der Waals surface area contributed by atoms with Gasteiger partial charge in [-0.25, -0.2) is 14.2 Å². The lowest BCUT2D eigenvalue weighted by molar-refractivity contribution is -0.00153. The van der Waals surface area contributed by atoms with Crippen molar-refractivity contribution >= 4 is 29.2 Å². The predicted molar refractivity (Wildman–Crippen MR) is 160 cm³/mol. The normalized spacial score (nSPS) is 17.3. The summed E-state index contributed by atoms with van der Waals surface area (Å²) in [7, 11) is 0. The molecule has 3 aromatic rings. The zero-order valence-corrected chi connectivity index (χ0v) is 25.5. The van der Waals surface area contributed by atoms with Gasteiger partial charge in [-0.05, 0) is 57.4 Å². The van der Waals surface area contributed by atoms with Crippen LogP contribution in [0, 0.1) is 12.7 Å². The number of aromatic nitrogens is 2. The fourth-order valence-corrected chi connectivity index (χ4v) is 5.63. The van der Waals surface area contributed by atoms with Crippen molar-refractivity contribution < 1.29 is 23.8 Å². The van der Waals surface area contributed by atoms with E-state index < -0.39 is 11.4 Å². The fraction of sp³-hybridized carbons (Fsp3) is 0.452. The van der Waals surface area contributed by atoms with Crippen LogP contribution in [0.4, 0.5) is 20.7 Å². The number of aromatic hydroxyl groups is 1. The van der Waals surface area contributed by atoms with Gasteiger partial charge in [0, 0.05) is 32.4 Å². The van der Waals surface area contributed by atoms with Gasteiger partial charge in [0.2, 0.25) is 0 Å². The number of pyridine rings is 2. The number of hydrogen-bond donors (Lipinski definition) is 2. The third-order valence-electron chi connectivity index (χ3n) is 7.44. The van der Waals surface area contributed by atoms with Crippen LogP contribution in [0.2, 0.25) is 5.02 Å². The van der Waals surface area contributed by atoms with E-state index in [9.17, 15) is 9.90 Å². The number of carbonyl (C=O) groups is 1. The SMILES string of the molecule is Cc1ccnc(C(C)C)c1Nc1nc(-c2c(O)cccc2F)c(Cl)c2c1CN1CCN(C(=O)OC(C)(C)C)C[C@@H]1CO2. The molecule has 0 spiro atoms. The van der Waals surface area contributed by atoms with Gasteiger partial charge < -0.3 is 24.8 Å². The number of anilines is 2.